The molecule has 0 atom stereocenters. The molecule has 1 aliphatic rings. The Morgan fingerprint density at radius 3 is 2.56 bits per heavy atom. The number of nitrogens with zero attached hydrogens (tertiary/aromatic N) is 4. The topological polar surface area (TPSA) is 50.6 Å². The van der Waals surface area contributed by atoms with E-state index in [1.54, 1.807) is 27.8 Å². The van der Waals surface area contributed by atoms with Crippen molar-refractivity contribution in [2.75, 3.05) is 31.1 Å². The summed E-state index contributed by atoms with van der Waals surface area (Å²) in [6.45, 7) is 9.20. The third-order valence-corrected chi connectivity index (χ3v) is 6.14. The number of benzene rings is 2. The molecule has 1 amide bonds. The SMILES string of the molecule is Cc1cc(N2CCN(CC(C)C)CC2=O)nn1Cc1cc(Cl)ccc1OCc1ccc(F)cc1F.Cl. The van der Waals surface area contributed by atoms with Crippen molar-refractivity contribution in [1.82, 2.24) is 14.7 Å². The number of ether oxygens (including phenoxy) is 1. The molecule has 0 aliphatic carbocycles. The van der Waals surface area contributed by atoms with E-state index in [0.717, 1.165) is 30.4 Å². The van der Waals surface area contributed by atoms with Gasteiger partial charge in [0.25, 0.3) is 0 Å². The highest BCUT2D eigenvalue weighted by Gasteiger charge is 2.27. The van der Waals surface area contributed by atoms with E-state index < -0.39 is 11.6 Å². The summed E-state index contributed by atoms with van der Waals surface area (Å²) in [7, 11) is 0. The largest absolute Gasteiger partial charge is 0.488 e. The monoisotopic (exact) mass is 538 g/mol. The average Bonchev–Trinajstić information content (AvgIpc) is 3.13. The molecule has 10 heteroatoms. The lowest BCUT2D eigenvalue weighted by atomic mass is 10.2. The normalized spacial score (nSPS) is 14.3. The second kappa shape index (κ2) is 12.0. The predicted octanol–water partition coefficient (Wildman–Crippen LogP) is 5.48. The minimum atomic E-state index is -0.661. The number of piperazine rings is 1. The summed E-state index contributed by atoms with van der Waals surface area (Å²) in [5, 5.41) is 5.21. The molecule has 0 spiro atoms. The van der Waals surface area contributed by atoms with Crippen LogP contribution in [0.2, 0.25) is 5.02 Å². The lowest BCUT2D eigenvalue weighted by molar-refractivity contribution is -0.121. The first-order chi connectivity index (χ1) is 16.7. The van der Waals surface area contributed by atoms with Crippen LogP contribution in [0.5, 0.6) is 5.75 Å². The number of amides is 1. The Morgan fingerprint density at radius 2 is 1.86 bits per heavy atom. The van der Waals surface area contributed by atoms with Gasteiger partial charge in [0.1, 0.15) is 24.0 Å². The van der Waals surface area contributed by atoms with Crippen LogP contribution >= 0.6 is 24.0 Å². The van der Waals surface area contributed by atoms with Crippen LogP contribution < -0.4 is 9.64 Å². The molecule has 36 heavy (non-hydrogen) atoms. The summed E-state index contributed by atoms with van der Waals surface area (Å²) in [5.41, 5.74) is 1.89. The number of rotatable bonds is 8. The Hall–Kier alpha value is -2.68. The van der Waals surface area contributed by atoms with Crippen LogP contribution in [0.4, 0.5) is 14.6 Å². The van der Waals surface area contributed by atoms with Gasteiger partial charge in [0.2, 0.25) is 5.91 Å². The summed E-state index contributed by atoms with van der Waals surface area (Å²) in [4.78, 5) is 16.7. The van der Waals surface area contributed by atoms with E-state index in [0.29, 0.717) is 42.1 Å². The Labute approximate surface area is 221 Å². The van der Waals surface area contributed by atoms with Crippen LogP contribution in [0.15, 0.2) is 42.5 Å². The van der Waals surface area contributed by atoms with Gasteiger partial charge < -0.3 is 4.74 Å². The highest BCUT2D eigenvalue weighted by atomic mass is 35.5. The zero-order valence-electron chi connectivity index (χ0n) is 20.5. The van der Waals surface area contributed by atoms with Gasteiger partial charge in [0, 0.05) is 53.6 Å². The van der Waals surface area contributed by atoms with Crippen molar-refractivity contribution in [3.05, 3.63) is 75.9 Å². The van der Waals surface area contributed by atoms with Crippen molar-refractivity contribution >= 4 is 35.7 Å². The molecule has 1 fully saturated rings. The fraction of sp³-hybridized carbons (Fsp3) is 0.385. The predicted molar refractivity (Wildman–Crippen MR) is 139 cm³/mol. The molecule has 1 aliphatic heterocycles. The van der Waals surface area contributed by atoms with Gasteiger partial charge in [0.05, 0.1) is 13.1 Å². The summed E-state index contributed by atoms with van der Waals surface area (Å²) >= 11 is 6.23. The fourth-order valence-corrected chi connectivity index (χ4v) is 4.38. The van der Waals surface area contributed by atoms with E-state index >= 15 is 0 Å². The van der Waals surface area contributed by atoms with E-state index in [4.69, 9.17) is 16.3 Å². The molecule has 0 bridgehead atoms. The van der Waals surface area contributed by atoms with E-state index in [1.165, 1.54) is 12.1 Å². The zero-order chi connectivity index (χ0) is 25.1. The third kappa shape index (κ3) is 6.75. The quantitative estimate of drug-likeness (QED) is 0.381. The molecular weight excluding hydrogens is 509 g/mol. The molecule has 1 aromatic heterocycles. The molecule has 3 aromatic rings. The smallest absolute Gasteiger partial charge is 0.242 e. The van der Waals surface area contributed by atoms with Crippen LogP contribution in [0.3, 0.4) is 0 Å². The van der Waals surface area contributed by atoms with Gasteiger partial charge in [0.15, 0.2) is 5.82 Å². The summed E-state index contributed by atoms with van der Waals surface area (Å²) in [6, 6.07) is 10.5. The standard InChI is InChI=1S/C26H29ClF2N4O2.ClH/c1-17(2)13-31-8-9-32(26(34)15-31)25-10-18(3)33(30-25)14-20-11-21(27)5-7-24(20)35-16-19-4-6-22(28)12-23(19)29;/h4-7,10-12,17H,8-9,13-16H2,1-3H3;1H. The van der Waals surface area contributed by atoms with Gasteiger partial charge >= 0.3 is 0 Å². The number of hydrogen-bond acceptors (Lipinski definition) is 4. The summed E-state index contributed by atoms with van der Waals surface area (Å²) in [6.07, 6.45) is 0. The minimum Gasteiger partial charge on any atom is -0.488 e. The van der Waals surface area contributed by atoms with E-state index in [2.05, 4.69) is 23.8 Å². The molecular formula is C26H30Cl2F2N4O2. The first-order valence-electron chi connectivity index (χ1n) is 11.6. The highest BCUT2D eigenvalue weighted by Crippen LogP contribution is 2.27. The third-order valence-electron chi connectivity index (χ3n) is 5.91. The molecule has 1 saturated heterocycles. The van der Waals surface area contributed by atoms with E-state index in [-0.39, 0.29) is 30.5 Å². The summed E-state index contributed by atoms with van der Waals surface area (Å²) < 4.78 is 34.9. The van der Waals surface area contributed by atoms with Crippen LogP contribution in [0.25, 0.3) is 0 Å². The number of hydrogen-bond donors (Lipinski definition) is 0. The Morgan fingerprint density at radius 1 is 1.08 bits per heavy atom. The van der Waals surface area contributed by atoms with Gasteiger partial charge in [-0.2, -0.15) is 5.10 Å². The molecule has 194 valence electrons. The van der Waals surface area contributed by atoms with Crippen molar-refractivity contribution in [2.24, 2.45) is 5.92 Å². The molecule has 0 saturated carbocycles. The van der Waals surface area contributed by atoms with E-state index in [1.807, 2.05) is 13.0 Å². The number of carbonyl (C=O) groups is 1. The molecule has 6 nitrogen and oxygen atoms in total. The van der Waals surface area contributed by atoms with Crippen molar-refractivity contribution in [1.29, 1.82) is 0 Å². The number of anilines is 1. The van der Waals surface area contributed by atoms with Crippen LogP contribution in [-0.4, -0.2) is 46.8 Å². The average molecular weight is 539 g/mol. The number of halogens is 4. The van der Waals surface area contributed by atoms with Crippen molar-refractivity contribution in [3.8, 4) is 5.75 Å². The lowest BCUT2D eigenvalue weighted by Crippen LogP contribution is -2.51. The van der Waals surface area contributed by atoms with E-state index in [9.17, 15) is 13.6 Å². The Bertz CT molecular complexity index is 1220. The number of aryl methyl sites for hydroxylation is 1. The molecule has 4 rings (SSSR count). The second-order valence-corrected chi connectivity index (χ2v) is 9.69. The Kier molecular flexibility index (Phi) is 9.33. The maximum absolute atomic E-state index is 14.0. The van der Waals surface area contributed by atoms with Crippen molar-refractivity contribution in [3.63, 3.8) is 0 Å². The molecule has 0 N–H and O–H groups in total. The first-order valence-corrected chi connectivity index (χ1v) is 12.0. The van der Waals surface area contributed by atoms with Crippen LogP contribution in [0.1, 0.15) is 30.7 Å². The minimum absolute atomic E-state index is 0. The van der Waals surface area contributed by atoms with Gasteiger partial charge in [-0.15, -0.1) is 12.4 Å². The first kappa shape index (κ1) is 27.9. The van der Waals surface area contributed by atoms with Crippen molar-refractivity contribution in [2.45, 2.75) is 33.9 Å². The maximum atomic E-state index is 14.0. The van der Waals surface area contributed by atoms with Gasteiger partial charge in [-0.05, 0) is 43.2 Å². The lowest BCUT2D eigenvalue weighted by Gasteiger charge is -2.33. The number of carbonyl (C=O) groups excluding carboxylic acids is 1. The zero-order valence-corrected chi connectivity index (χ0v) is 22.1. The molecule has 2 heterocycles. The van der Waals surface area contributed by atoms with Gasteiger partial charge in [-0.25, -0.2) is 8.78 Å². The summed E-state index contributed by atoms with van der Waals surface area (Å²) in [5.74, 6) is 0.385. The van der Waals surface area contributed by atoms with Crippen LogP contribution in [-0.2, 0) is 17.9 Å². The highest BCUT2D eigenvalue weighted by molar-refractivity contribution is 6.30. The molecule has 2 aromatic carbocycles. The molecule has 0 unspecified atom stereocenters. The maximum Gasteiger partial charge on any atom is 0.242 e. The second-order valence-electron chi connectivity index (χ2n) is 9.25. The fourth-order valence-electron chi connectivity index (χ4n) is 4.19. The Balaban J connectivity index is 0.00000361. The van der Waals surface area contributed by atoms with Gasteiger partial charge in [-0.1, -0.05) is 25.4 Å². The van der Waals surface area contributed by atoms with Gasteiger partial charge in [-0.3, -0.25) is 19.3 Å². The van der Waals surface area contributed by atoms with Crippen molar-refractivity contribution < 1.29 is 18.3 Å². The molecule has 0 radical (unpaired) electrons. The number of aromatic nitrogens is 2. The van der Waals surface area contributed by atoms with Crippen LogP contribution in [0, 0.1) is 24.5 Å².